The summed E-state index contributed by atoms with van der Waals surface area (Å²) in [6, 6.07) is 10.7. The minimum absolute atomic E-state index is 0.324. The molecule has 0 spiro atoms. The molecule has 1 aromatic carbocycles. The third kappa shape index (κ3) is 3.55. The number of methoxy groups -OCH3 is 1. The maximum absolute atomic E-state index is 14.3. The van der Waals surface area contributed by atoms with Crippen molar-refractivity contribution in [1.82, 2.24) is 29.1 Å². The Morgan fingerprint density at radius 1 is 1.03 bits per heavy atom. The highest BCUT2D eigenvalue weighted by Gasteiger charge is 2.27. The lowest BCUT2D eigenvalue weighted by Crippen LogP contribution is -2.37. The molecule has 0 bridgehead atoms. The minimum atomic E-state index is -2.83. The van der Waals surface area contributed by atoms with E-state index in [1.54, 1.807) is 30.6 Å². The monoisotopic (exact) mass is 477 g/mol. The van der Waals surface area contributed by atoms with Gasteiger partial charge in [0.05, 0.1) is 43.1 Å². The topological polar surface area (TPSA) is 83.1 Å². The largest absolute Gasteiger partial charge is 0.494 e. The molecule has 0 unspecified atom stereocenters. The predicted octanol–water partition coefficient (Wildman–Crippen LogP) is 3.94. The SMILES string of the molecule is COc1cccc2c1nc(C(F)F)n2-c1nc(N2CCOCC2)nc2c1ccn2-c1cccnc1. The van der Waals surface area contributed by atoms with Gasteiger partial charge in [0.15, 0.2) is 17.3 Å². The van der Waals surface area contributed by atoms with Gasteiger partial charge in [-0.2, -0.15) is 9.97 Å². The second-order valence-corrected chi connectivity index (χ2v) is 8.01. The van der Waals surface area contributed by atoms with Crippen LogP contribution in [0, 0.1) is 0 Å². The average molecular weight is 477 g/mol. The summed E-state index contributed by atoms with van der Waals surface area (Å²) in [4.78, 5) is 20.1. The second kappa shape index (κ2) is 8.58. The number of para-hydroxylation sites is 1. The highest BCUT2D eigenvalue weighted by atomic mass is 19.3. The van der Waals surface area contributed by atoms with Crippen LogP contribution in [0.5, 0.6) is 5.75 Å². The minimum Gasteiger partial charge on any atom is -0.494 e. The Hall–Kier alpha value is -4.12. The molecule has 0 N–H and O–H groups in total. The van der Waals surface area contributed by atoms with Crippen molar-refractivity contribution < 1.29 is 18.3 Å². The van der Waals surface area contributed by atoms with Gasteiger partial charge in [-0.1, -0.05) is 6.07 Å². The molecule has 0 aliphatic carbocycles. The number of fused-ring (bicyclic) bond motifs is 2. The Bertz CT molecular complexity index is 1510. The van der Waals surface area contributed by atoms with Crippen LogP contribution in [-0.2, 0) is 4.74 Å². The lowest BCUT2D eigenvalue weighted by Gasteiger charge is -2.27. The molecule has 1 fully saturated rings. The van der Waals surface area contributed by atoms with Gasteiger partial charge in [-0.05, 0) is 30.3 Å². The van der Waals surface area contributed by atoms with E-state index in [4.69, 9.17) is 19.4 Å². The van der Waals surface area contributed by atoms with Crippen LogP contribution in [0.4, 0.5) is 14.7 Å². The van der Waals surface area contributed by atoms with Crippen LogP contribution >= 0.6 is 0 Å². The van der Waals surface area contributed by atoms with Crippen LogP contribution in [-0.4, -0.2) is 62.5 Å². The molecule has 0 atom stereocenters. The number of anilines is 1. The summed E-state index contributed by atoms with van der Waals surface area (Å²) in [7, 11) is 1.49. The van der Waals surface area contributed by atoms with Crippen molar-refractivity contribution in [3.63, 3.8) is 0 Å². The van der Waals surface area contributed by atoms with E-state index in [9.17, 15) is 8.78 Å². The van der Waals surface area contributed by atoms with Crippen LogP contribution in [0.25, 0.3) is 33.6 Å². The fourth-order valence-electron chi connectivity index (χ4n) is 4.39. The fraction of sp³-hybridized carbons (Fsp3) is 0.250. The molecule has 4 aromatic heterocycles. The summed E-state index contributed by atoms with van der Waals surface area (Å²) in [5, 5.41) is 0.606. The second-order valence-electron chi connectivity index (χ2n) is 8.01. The van der Waals surface area contributed by atoms with Gasteiger partial charge >= 0.3 is 0 Å². The number of ether oxygens (including phenoxy) is 2. The first-order valence-electron chi connectivity index (χ1n) is 11.1. The molecule has 6 rings (SSSR count). The van der Waals surface area contributed by atoms with Crippen LogP contribution in [0.3, 0.4) is 0 Å². The Balaban J connectivity index is 1.67. The van der Waals surface area contributed by atoms with Gasteiger partial charge in [-0.3, -0.25) is 14.1 Å². The summed E-state index contributed by atoms with van der Waals surface area (Å²) in [5.41, 5.74) is 2.19. The van der Waals surface area contributed by atoms with E-state index in [0.29, 0.717) is 65.9 Å². The van der Waals surface area contributed by atoms with Crippen molar-refractivity contribution in [2.75, 3.05) is 38.3 Å². The van der Waals surface area contributed by atoms with Gasteiger partial charge in [0.1, 0.15) is 11.3 Å². The third-order valence-electron chi connectivity index (χ3n) is 6.03. The first kappa shape index (κ1) is 21.4. The number of aromatic nitrogens is 6. The fourth-order valence-corrected chi connectivity index (χ4v) is 4.39. The zero-order valence-electron chi connectivity index (χ0n) is 18.8. The van der Waals surface area contributed by atoms with Crippen molar-refractivity contribution in [2.24, 2.45) is 0 Å². The van der Waals surface area contributed by atoms with Crippen LogP contribution in [0.15, 0.2) is 55.0 Å². The Morgan fingerprint density at radius 2 is 1.89 bits per heavy atom. The maximum Gasteiger partial charge on any atom is 0.296 e. The van der Waals surface area contributed by atoms with Crippen molar-refractivity contribution in [1.29, 1.82) is 0 Å². The summed E-state index contributed by atoms with van der Waals surface area (Å²) in [5.74, 6) is 0.760. The number of rotatable bonds is 5. The van der Waals surface area contributed by atoms with Gasteiger partial charge in [-0.15, -0.1) is 0 Å². The molecule has 11 heteroatoms. The summed E-state index contributed by atoms with van der Waals surface area (Å²) >= 11 is 0. The normalized spacial score (nSPS) is 14.3. The molecular weight excluding hydrogens is 456 g/mol. The van der Waals surface area contributed by atoms with E-state index in [1.807, 2.05) is 33.9 Å². The van der Waals surface area contributed by atoms with Crippen molar-refractivity contribution in [3.05, 3.63) is 60.8 Å². The van der Waals surface area contributed by atoms with Crippen LogP contribution in [0.1, 0.15) is 12.2 Å². The molecule has 1 aliphatic rings. The smallest absolute Gasteiger partial charge is 0.296 e. The number of nitrogens with zero attached hydrogens (tertiary/aromatic N) is 7. The van der Waals surface area contributed by atoms with Gasteiger partial charge < -0.3 is 14.4 Å². The van der Waals surface area contributed by atoms with E-state index in [1.165, 1.54) is 11.7 Å². The molecule has 35 heavy (non-hydrogen) atoms. The number of halogens is 2. The predicted molar refractivity (Wildman–Crippen MR) is 126 cm³/mol. The van der Waals surface area contributed by atoms with Gasteiger partial charge in [-0.25, -0.2) is 13.8 Å². The molecule has 5 aromatic rings. The van der Waals surface area contributed by atoms with E-state index in [-0.39, 0.29) is 0 Å². The number of pyridine rings is 1. The number of hydrogen-bond donors (Lipinski definition) is 0. The number of hydrogen-bond acceptors (Lipinski definition) is 7. The number of morpholine rings is 1. The molecular formula is C24H21F2N7O2. The number of benzene rings is 1. The van der Waals surface area contributed by atoms with Crippen molar-refractivity contribution in [2.45, 2.75) is 6.43 Å². The summed E-state index contributed by atoms with van der Waals surface area (Å²) in [6.45, 7) is 2.26. The molecule has 0 radical (unpaired) electrons. The van der Waals surface area contributed by atoms with E-state index < -0.39 is 12.2 Å². The summed E-state index contributed by atoms with van der Waals surface area (Å²) in [6.07, 6.45) is 2.42. The number of alkyl halides is 2. The highest BCUT2D eigenvalue weighted by Crippen LogP contribution is 2.35. The van der Waals surface area contributed by atoms with E-state index in [0.717, 1.165) is 5.69 Å². The molecule has 9 nitrogen and oxygen atoms in total. The van der Waals surface area contributed by atoms with E-state index >= 15 is 0 Å². The molecule has 178 valence electrons. The summed E-state index contributed by atoms with van der Waals surface area (Å²) < 4.78 is 42.8. The lowest BCUT2D eigenvalue weighted by atomic mass is 10.3. The quantitative estimate of drug-likeness (QED) is 0.379. The molecule has 1 saturated heterocycles. The maximum atomic E-state index is 14.3. The Labute approximate surface area is 198 Å². The van der Waals surface area contributed by atoms with Crippen molar-refractivity contribution in [3.8, 4) is 17.3 Å². The van der Waals surface area contributed by atoms with Crippen molar-refractivity contribution >= 4 is 28.0 Å². The van der Waals surface area contributed by atoms with Gasteiger partial charge in [0.25, 0.3) is 6.43 Å². The third-order valence-corrected chi connectivity index (χ3v) is 6.03. The standard InChI is InChI=1S/C24H21F2N7O2/c1-34-18-6-2-5-17-19(18)28-23(20(25)26)33(17)22-16-7-9-32(15-4-3-8-27-14-15)21(16)29-24(30-22)31-10-12-35-13-11-31/h2-9,14,20H,10-13H2,1H3. The van der Waals surface area contributed by atoms with E-state index in [2.05, 4.69) is 9.97 Å². The van der Waals surface area contributed by atoms with Gasteiger partial charge in [0.2, 0.25) is 5.95 Å². The first-order valence-corrected chi connectivity index (χ1v) is 11.1. The van der Waals surface area contributed by atoms with Gasteiger partial charge in [0, 0.05) is 25.5 Å². The average Bonchev–Trinajstić information content (AvgIpc) is 3.51. The molecule has 0 amide bonds. The molecule has 1 aliphatic heterocycles. The Morgan fingerprint density at radius 3 is 2.63 bits per heavy atom. The molecule has 0 saturated carbocycles. The van der Waals surface area contributed by atoms with Crippen LogP contribution in [0.2, 0.25) is 0 Å². The highest BCUT2D eigenvalue weighted by molar-refractivity contribution is 5.91. The Kier molecular flexibility index (Phi) is 5.25. The lowest BCUT2D eigenvalue weighted by molar-refractivity contribution is 0.122. The van der Waals surface area contributed by atoms with Crippen LogP contribution < -0.4 is 9.64 Å². The molecule has 5 heterocycles. The number of imidazole rings is 1. The zero-order chi connectivity index (χ0) is 23.9. The zero-order valence-corrected chi connectivity index (χ0v) is 18.8. The first-order chi connectivity index (χ1) is 17.2.